The van der Waals surface area contributed by atoms with Crippen molar-refractivity contribution < 1.29 is 37.0 Å². The second-order valence-electron chi connectivity index (χ2n) is 11.2. The van der Waals surface area contributed by atoms with Gasteiger partial charge in [-0.1, -0.05) is 38.7 Å². The maximum atomic E-state index is 14.0. The molecule has 0 saturated carbocycles. The maximum absolute atomic E-state index is 14.0. The van der Waals surface area contributed by atoms with Crippen LogP contribution in [-0.2, 0) is 17.4 Å². The minimum Gasteiger partial charge on any atom is -0.493 e. The minimum absolute atomic E-state index is 0.0325. The van der Waals surface area contributed by atoms with Crippen LogP contribution in [0.5, 0.6) is 17.2 Å². The summed E-state index contributed by atoms with van der Waals surface area (Å²) >= 11 is 0.645. The normalized spacial score (nSPS) is 19.5. The van der Waals surface area contributed by atoms with Gasteiger partial charge in [0.1, 0.15) is 29.5 Å². The Bertz CT molecular complexity index is 1390. The Hall–Kier alpha value is -3.14. The van der Waals surface area contributed by atoms with Crippen molar-refractivity contribution in [2.24, 2.45) is 0 Å². The molecule has 2 aliphatic heterocycles. The summed E-state index contributed by atoms with van der Waals surface area (Å²) in [6.45, 7) is 10.7. The Morgan fingerprint density at radius 2 is 1.79 bits per heavy atom. The van der Waals surface area contributed by atoms with Gasteiger partial charge in [0.2, 0.25) is 0 Å². The summed E-state index contributed by atoms with van der Waals surface area (Å²) in [5.74, 6) is 0.681. The highest BCUT2D eigenvalue weighted by Crippen LogP contribution is 2.44. The number of hydrogen-bond acceptors (Lipinski definition) is 6. The number of ether oxygens (including phenoxy) is 3. The average molecular weight is 606 g/mol. The quantitative estimate of drug-likeness (QED) is 0.205. The number of halogens is 3. The molecule has 10 heteroatoms. The lowest BCUT2D eigenvalue weighted by molar-refractivity contribution is -0.139. The number of alkyl halides is 3. The Morgan fingerprint density at radius 3 is 2.45 bits per heavy atom. The minimum atomic E-state index is -4.69. The molecule has 1 atom stereocenters. The number of thioether (sulfide) groups is 1. The highest BCUT2D eigenvalue weighted by atomic mass is 32.2. The number of imide groups is 1. The molecule has 2 aromatic carbocycles. The molecule has 42 heavy (non-hydrogen) atoms. The monoisotopic (exact) mass is 605 g/mol. The van der Waals surface area contributed by atoms with Crippen molar-refractivity contribution in [1.29, 1.82) is 0 Å². The van der Waals surface area contributed by atoms with Gasteiger partial charge in [-0.3, -0.25) is 14.9 Å². The third kappa shape index (κ3) is 7.25. The fraction of sp³-hybridized carbons (Fsp3) is 0.500. The number of benzene rings is 2. The predicted octanol–water partition coefficient (Wildman–Crippen LogP) is 8.47. The van der Waals surface area contributed by atoms with Crippen LogP contribution in [0.4, 0.5) is 18.0 Å². The van der Waals surface area contributed by atoms with Crippen LogP contribution < -0.4 is 19.5 Å². The van der Waals surface area contributed by atoms with E-state index in [2.05, 4.69) is 12.2 Å². The zero-order valence-electron chi connectivity index (χ0n) is 24.8. The van der Waals surface area contributed by atoms with Crippen LogP contribution in [0.1, 0.15) is 85.8 Å². The van der Waals surface area contributed by atoms with E-state index in [1.54, 1.807) is 0 Å². The van der Waals surface area contributed by atoms with E-state index in [4.69, 9.17) is 14.2 Å². The lowest BCUT2D eigenvalue weighted by Gasteiger charge is -2.38. The van der Waals surface area contributed by atoms with Crippen molar-refractivity contribution in [3.63, 3.8) is 0 Å². The molecule has 2 amide bonds. The maximum Gasteiger partial charge on any atom is 0.419 e. The van der Waals surface area contributed by atoms with Gasteiger partial charge in [0, 0.05) is 5.56 Å². The Morgan fingerprint density at radius 1 is 1.05 bits per heavy atom. The fourth-order valence-electron chi connectivity index (χ4n) is 5.27. The number of rotatable bonds is 11. The highest BCUT2D eigenvalue weighted by Gasteiger charge is 2.38. The molecule has 4 rings (SSSR count). The molecule has 2 aromatic rings. The molecule has 0 bridgehead atoms. The van der Waals surface area contributed by atoms with E-state index in [0.717, 1.165) is 52.7 Å². The summed E-state index contributed by atoms with van der Waals surface area (Å²) in [5.41, 5.74) is 2.40. The molecule has 6 nitrogen and oxygen atoms in total. The first kappa shape index (κ1) is 31.8. The highest BCUT2D eigenvalue weighted by molar-refractivity contribution is 8.18. The molecular formula is C32H38F3NO5S. The number of carbonyl (C=O) groups is 2. The summed E-state index contributed by atoms with van der Waals surface area (Å²) < 4.78 is 60.5. The van der Waals surface area contributed by atoms with E-state index < -0.39 is 28.5 Å². The molecule has 0 aromatic heterocycles. The zero-order chi connectivity index (χ0) is 30.7. The largest absolute Gasteiger partial charge is 0.493 e. The van der Waals surface area contributed by atoms with E-state index in [-0.39, 0.29) is 22.8 Å². The van der Waals surface area contributed by atoms with Gasteiger partial charge in [0.05, 0.1) is 17.1 Å². The van der Waals surface area contributed by atoms with Crippen LogP contribution in [0.3, 0.4) is 0 Å². The van der Waals surface area contributed by atoms with Crippen molar-refractivity contribution >= 4 is 29.0 Å². The Kier molecular flexibility index (Phi) is 9.85. The van der Waals surface area contributed by atoms with Gasteiger partial charge in [0.15, 0.2) is 0 Å². The Labute approximate surface area is 249 Å². The van der Waals surface area contributed by atoms with Crippen LogP contribution in [0.15, 0.2) is 23.1 Å². The number of fused-ring (bicyclic) bond motifs is 1. The number of amides is 2. The second-order valence-corrected chi connectivity index (χ2v) is 12.2. The number of unbranched alkanes of at least 4 members (excludes halogenated alkanes) is 4. The molecule has 1 N–H and O–H groups in total. The van der Waals surface area contributed by atoms with Crippen molar-refractivity contribution in [3.05, 3.63) is 56.5 Å². The fourth-order valence-corrected chi connectivity index (χ4v) is 5.95. The molecule has 2 heterocycles. The molecule has 0 spiro atoms. The number of carbonyl (C=O) groups excluding carboxylic acids is 2. The summed E-state index contributed by atoms with van der Waals surface area (Å²) in [5, 5.41) is 1.53. The van der Waals surface area contributed by atoms with Crippen molar-refractivity contribution in [1.82, 2.24) is 5.32 Å². The zero-order valence-corrected chi connectivity index (χ0v) is 25.6. The van der Waals surface area contributed by atoms with E-state index >= 15 is 0 Å². The second kappa shape index (κ2) is 13.0. The first-order valence-electron chi connectivity index (χ1n) is 14.4. The van der Waals surface area contributed by atoms with Gasteiger partial charge in [-0.25, -0.2) is 0 Å². The first-order chi connectivity index (χ1) is 19.8. The Balaban J connectivity index is 1.49. The molecule has 0 radical (unpaired) electrons. The molecule has 0 aliphatic carbocycles. The lowest BCUT2D eigenvalue weighted by atomic mass is 9.87. The van der Waals surface area contributed by atoms with Crippen LogP contribution in [-0.4, -0.2) is 30.0 Å². The lowest BCUT2D eigenvalue weighted by Crippen LogP contribution is -2.42. The molecular weight excluding hydrogens is 567 g/mol. The first-order valence-corrected chi connectivity index (χ1v) is 15.2. The van der Waals surface area contributed by atoms with Gasteiger partial charge < -0.3 is 14.2 Å². The van der Waals surface area contributed by atoms with Crippen molar-refractivity contribution in [2.45, 2.75) is 91.3 Å². The van der Waals surface area contributed by atoms with Crippen LogP contribution in [0.2, 0.25) is 0 Å². The topological polar surface area (TPSA) is 73.9 Å². The third-order valence-electron chi connectivity index (χ3n) is 7.84. The standard InChI is InChI=1S/C32H38F3NO5S/c1-6-7-8-9-10-15-39-27-19(2)20(3)28-23(21(27)4)13-14-31(5,41-28)18-40-25-12-11-22(16-24(25)32(33,34)35)17-26-29(37)36-30(38)42-26/h11-12,16-17H,6-10,13-15,18H2,1-5H3,(H,36,37,38)/b26-17+. The molecule has 228 valence electrons. The van der Waals surface area contributed by atoms with Gasteiger partial charge in [-0.05, 0) is 99.2 Å². The third-order valence-corrected chi connectivity index (χ3v) is 8.65. The molecule has 1 fully saturated rings. The van der Waals surface area contributed by atoms with Crippen LogP contribution in [0, 0.1) is 20.8 Å². The van der Waals surface area contributed by atoms with Crippen molar-refractivity contribution in [2.75, 3.05) is 13.2 Å². The SMILES string of the molecule is CCCCCCCOc1c(C)c(C)c2c(c1C)CCC(C)(COc1ccc(/C=C3/SC(=O)NC3=O)cc1C(F)(F)F)O2. The smallest absolute Gasteiger partial charge is 0.419 e. The summed E-state index contributed by atoms with van der Waals surface area (Å²) in [4.78, 5) is 23.3. The van der Waals surface area contributed by atoms with Crippen LogP contribution in [0.25, 0.3) is 6.08 Å². The van der Waals surface area contributed by atoms with Gasteiger partial charge in [0.25, 0.3) is 11.1 Å². The van der Waals surface area contributed by atoms with E-state index in [1.807, 2.05) is 27.7 Å². The summed E-state index contributed by atoms with van der Waals surface area (Å²) in [6.07, 6.45) is 3.61. The molecule has 2 aliphatic rings. The summed E-state index contributed by atoms with van der Waals surface area (Å²) in [6, 6.07) is 3.58. The summed E-state index contributed by atoms with van der Waals surface area (Å²) in [7, 11) is 0. The predicted molar refractivity (Wildman–Crippen MR) is 158 cm³/mol. The van der Waals surface area contributed by atoms with E-state index in [9.17, 15) is 22.8 Å². The van der Waals surface area contributed by atoms with E-state index in [0.29, 0.717) is 31.2 Å². The van der Waals surface area contributed by atoms with E-state index in [1.165, 1.54) is 37.5 Å². The number of nitrogens with one attached hydrogen (secondary N) is 1. The molecule has 1 saturated heterocycles. The molecule has 1 unspecified atom stereocenters. The van der Waals surface area contributed by atoms with Gasteiger partial charge in [-0.2, -0.15) is 13.2 Å². The average Bonchev–Trinajstić information content (AvgIpc) is 3.25. The number of hydrogen-bond donors (Lipinski definition) is 1. The van der Waals surface area contributed by atoms with Gasteiger partial charge >= 0.3 is 6.18 Å². The van der Waals surface area contributed by atoms with Crippen LogP contribution >= 0.6 is 11.8 Å². The van der Waals surface area contributed by atoms with Gasteiger partial charge in [-0.15, -0.1) is 0 Å². The van der Waals surface area contributed by atoms with Crippen molar-refractivity contribution in [3.8, 4) is 17.2 Å².